The molecule has 0 radical (unpaired) electrons. The largest absolute Gasteiger partial charge is 0.344 e. The van der Waals surface area contributed by atoms with Gasteiger partial charge in [0.15, 0.2) is 0 Å². The van der Waals surface area contributed by atoms with E-state index in [0.29, 0.717) is 12.8 Å². The molecule has 2 aliphatic rings. The molecule has 1 aromatic carbocycles. The molecule has 0 unspecified atom stereocenters. The smallest absolute Gasteiger partial charge is 0.325 e. The fraction of sp³-hybridized carbons (Fsp3) is 0.524. The molecule has 30 heavy (non-hydrogen) atoms. The summed E-state index contributed by atoms with van der Waals surface area (Å²) in [5.74, 6) is -1.19. The Kier molecular flexibility index (Phi) is 6.71. The summed E-state index contributed by atoms with van der Waals surface area (Å²) in [5, 5.41) is 6.37. The zero-order valence-electron chi connectivity index (χ0n) is 17.5. The molecule has 1 saturated carbocycles. The van der Waals surface area contributed by atoms with E-state index >= 15 is 0 Å². The van der Waals surface area contributed by atoms with E-state index in [2.05, 4.69) is 16.1 Å². The molecule has 3 rings (SSSR count). The third-order valence-corrected chi connectivity index (χ3v) is 5.60. The van der Waals surface area contributed by atoms with Crippen LogP contribution in [0.2, 0.25) is 0 Å². The average Bonchev–Trinajstić information content (AvgIpc) is 2.92. The number of nitrogens with one attached hydrogen (secondary N) is 3. The molecule has 0 atom stereocenters. The van der Waals surface area contributed by atoms with Gasteiger partial charge in [0.05, 0.1) is 13.1 Å². The quantitative estimate of drug-likeness (QED) is 0.583. The highest BCUT2D eigenvalue weighted by atomic mass is 16.2. The number of hydrazine groups is 1. The Balaban J connectivity index is 1.50. The van der Waals surface area contributed by atoms with E-state index in [-0.39, 0.29) is 19.0 Å². The van der Waals surface area contributed by atoms with E-state index in [4.69, 9.17) is 0 Å². The topological polar surface area (TPSA) is 111 Å². The van der Waals surface area contributed by atoms with E-state index in [1.807, 2.05) is 31.2 Å². The van der Waals surface area contributed by atoms with Gasteiger partial charge in [0.1, 0.15) is 5.54 Å². The molecule has 0 aromatic heterocycles. The lowest BCUT2D eigenvalue weighted by Gasteiger charge is -2.30. The van der Waals surface area contributed by atoms with Crippen molar-refractivity contribution in [1.82, 2.24) is 20.7 Å². The minimum absolute atomic E-state index is 0.00442. The summed E-state index contributed by atoms with van der Waals surface area (Å²) >= 11 is 0. The van der Waals surface area contributed by atoms with Crippen molar-refractivity contribution < 1.29 is 19.2 Å². The normalized spacial score (nSPS) is 17.9. The van der Waals surface area contributed by atoms with Crippen LogP contribution >= 0.6 is 0 Å². The number of anilines is 1. The standard InChI is InChI=1S/C21H29N5O4/c1-3-15-9-5-6-10-16(15)22-17(27)13-25(2)14-18(28)24-26-19(29)21(23-20(26)30)11-7-4-8-12-21/h5-6,9-10H,3-4,7-8,11-14H2,1-2H3,(H,22,27)(H,23,30)(H,24,28). The second-order valence-corrected chi connectivity index (χ2v) is 7.98. The Labute approximate surface area is 176 Å². The van der Waals surface area contributed by atoms with Crippen LogP contribution in [-0.2, 0) is 20.8 Å². The third kappa shape index (κ3) is 4.79. The van der Waals surface area contributed by atoms with Crippen molar-refractivity contribution in [2.75, 3.05) is 25.5 Å². The maximum atomic E-state index is 12.7. The highest BCUT2D eigenvalue weighted by Gasteiger charge is 2.52. The van der Waals surface area contributed by atoms with Crippen LogP contribution in [0.25, 0.3) is 0 Å². The third-order valence-electron chi connectivity index (χ3n) is 5.60. The van der Waals surface area contributed by atoms with Gasteiger partial charge in [0.2, 0.25) is 5.91 Å². The van der Waals surface area contributed by atoms with Crippen molar-refractivity contribution in [2.24, 2.45) is 0 Å². The summed E-state index contributed by atoms with van der Waals surface area (Å²) in [5.41, 5.74) is 3.27. The molecule has 1 aromatic rings. The maximum absolute atomic E-state index is 12.7. The van der Waals surface area contributed by atoms with Crippen molar-refractivity contribution in [1.29, 1.82) is 0 Å². The first-order valence-electron chi connectivity index (χ1n) is 10.4. The van der Waals surface area contributed by atoms with Gasteiger partial charge in [-0.15, -0.1) is 0 Å². The summed E-state index contributed by atoms with van der Waals surface area (Å²) in [7, 11) is 1.62. The Morgan fingerprint density at radius 3 is 2.47 bits per heavy atom. The predicted molar refractivity (Wildman–Crippen MR) is 111 cm³/mol. The molecule has 0 bridgehead atoms. The zero-order valence-corrected chi connectivity index (χ0v) is 17.5. The van der Waals surface area contributed by atoms with Crippen LogP contribution in [0.5, 0.6) is 0 Å². The van der Waals surface area contributed by atoms with Crippen molar-refractivity contribution in [2.45, 2.75) is 51.0 Å². The molecule has 2 fully saturated rings. The first-order chi connectivity index (χ1) is 14.3. The highest BCUT2D eigenvalue weighted by molar-refractivity contribution is 6.08. The van der Waals surface area contributed by atoms with Gasteiger partial charge in [0, 0.05) is 5.69 Å². The summed E-state index contributed by atoms with van der Waals surface area (Å²) < 4.78 is 0. The second-order valence-electron chi connectivity index (χ2n) is 7.98. The monoisotopic (exact) mass is 415 g/mol. The lowest BCUT2D eigenvalue weighted by molar-refractivity contribution is -0.140. The van der Waals surface area contributed by atoms with Gasteiger partial charge >= 0.3 is 6.03 Å². The van der Waals surface area contributed by atoms with Gasteiger partial charge in [-0.05, 0) is 37.9 Å². The van der Waals surface area contributed by atoms with Crippen molar-refractivity contribution >= 4 is 29.4 Å². The van der Waals surface area contributed by atoms with Crippen LogP contribution in [-0.4, -0.2) is 59.3 Å². The number of hydrogen-bond donors (Lipinski definition) is 3. The van der Waals surface area contributed by atoms with E-state index in [1.165, 1.54) is 4.90 Å². The predicted octanol–water partition coefficient (Wildman–Crippen LogP) is 1.41. The molecule has 3 N–H and O–H groups in total. The fourth-order valence-electron chi connectivity index (χ4n) is 4.06. The lowest BCUT2D eigenvalue weighted by atomic mass is 9.82. The number of para-hydroxylation sites is 1. The van der Waals surface area contributed by atoms with Gasteiger partial charge in [-0.3, -0.25) is 24.7 Å². The second kappa shape index (κ2) is 9.25. The molecule has 9 heteroatoms. The number of likely N-dealkylation sites (N-methyl/N-ethyl adjacent to an activating group) is 1. The number of aryl methyl sites for hydroxylation is 1. The van der Waals surface area contributed by atoms with Crippen LogP contribution in [0.3, 0.4) is 0 Å². The number of carbonyl (C=O) groups excluding carboxylic acids is 4. The minimum Gasteiger partial charge on any atom is -0.325 e. The Bertz CT molecular complexity index is 834. The van der Waals surface area contributed by atoms with Gasteiger partial charge < -0.3 is 10.6 Å². The van der Waals surface area contributed by atoms with Gasteiger partial charge in [0.25, 0.3) is 11.8 Å². The van der Waals surface area contributed by atoms with Crippen molar-refractivity contribution in [3.05, 3.63) is 29.8 Å². The van der Waals surface area contributed by atoms with E-state index in [0.717, 1.165) is 41.9 Å². The van der Waals surface area contributed by atoms with Crippen LogP contribution in [0.15, 0.2) is 24.3 Å². The van der Waals surface area contributed by atoms with E-state index in [1.54, 1.807) is 7.05 Å². The molecule has 162 valence electrons. The molecular weight excluding hydrogens is 386 g/mol. The van der Waals surface area contributed by atoms with E-state index < -0.39 is 23.4 Å². The summed E-state index contributed by atoms with van der Waals surface area (Å²) in [6, 6.07) is 6.94. The number of rotatable bonds is 7. The number of hydrogen-bond acceptors (Lipinski definition) is 5. The van der Waals surface area contributed by atoms with Crippen molar-refractivity contribution in [3.63, 3.8) is 0 Å². The number of imide groups is 1. The summed E-state index contributed by atoms with van der Waals surface area (Å²) in [6.45, 7) is 1.87. The molecule has 1 aliphatic heterocycles. The molecule has 1 spiro atoms. The van der Waals surface area contributed by atoms with Crippen molar-refractivity contribution in [3.8, 4) is 0 Å². The van der Waals surface area contributed by atoms with Gasteiger partial charge in [-0.1, -0.05) is 44.4 Å². The zero-order chi connectivity index (χ0) is 21.7. The van der Waals surface area contributed by atoms with Crippen LogP contribution in [0.4, 0.5) is 10.5 Å². The van der Waals surface area contributed by atoms with Gasteiger partial charge in [-0.2, -0.15) is 5.01 Å². The molecule has 1 heterocycles. The first-order valence-corrected chi connectivity index (χ1v) is 10.4. The Hall–Kier alpha value is -2.94. The Morgan fingerprint density at radius 1 is 1.10 bits per heavy atom. The lowest BCUT2D eigenvalue weighted by Crippen LogP contribution is -2.52. The maximum Gasteiger partial charge on any atom is 0.344 e. The van der Waals surface area contributed by atoms with Crippen LogP contribution < -0.4 is 16.1 Å². The molecule has 5 amide bonds. The number of urea groups is 1. The fourth-order valence-corrected chi connectivity index (χ4v) is 4.06. The van der Waals surface area contributed by atoms with Gasteiger partial charge in [-0.25, -0.2) is 4.79 Å². The highest BCUT2D eigenvalue weighted by Crippen LogP contribution is 2.32. The number of nitrogens with zero attached hydrogens (tertiary/aromatic N) is 2. The molecule has 1 saturated heterocycles. The van der Waals surface area contributed by atoms with E-state index in [9.17, 15) is 19.2 Å². The summed E-state index contributed by atoms with van der Waals surface area (Å²) in [4.78, 5) is 51.1. The average molecular weight is 415 g/mol. The minimum atomic E-state index is -0.888. The Morgan fingerprint density at radius 2 is 1.77 bits per heavy atom. The summed E-state index contributed by atoms with van der Waals surface area (Å²) in [6.07, 6.45) is 4.74. The first kappa shape index (κ1) is 21.8. The number of benzene rings is 1. The molecule has 9 nitrogen and oxygen atoms in total. The number of amides is 5. The number of carbonyl (C=O) groups is 4. The molecule has 1 aliphatic carbocycles. The van der Waals surface area contributed by atoms with Crippen LogP contribution in [0.1, 0.15) is 44.6 Å². The SMILES string of the molecule is CCc1ccccc1NC(=O)CN(C)CC(=O)NN1C(=O)NC2(CCCCC2)C1=O. The molecular formula is C21H29N5O4. The van der Waals surface area contributed by atoms with Crippen LogP contribution in [0, 0.1) is 0 Å².